The van der Waals surface area contributed by atoms with Gasteiger partial charge in [-0.15, -0.1) is 0 Å². The third kappa shape index (κ3) is 4.24. The van der Waals surface area contributed by atoms with E-state index in [9.17, 15) is 14.4 Å². The first-order chi connectivity index (χ1) is 11.4. The van der Waals surface area contributed by atoms with Gasteiger partial charge in [0.05, 0.1) is 5.56 Å². The van der Waals surface area contributed by atoms with Crippen molar-refractivity contribution >= 4 is 12.0 Å². The molecule has 1 aromatic heterocycles. The number of aromatic nitrogens is 2. The molecule has 24 heavy (non-hydrogen) atoms. The van der Waals surface area contributed by atoms with Crippen molar-refractivity contribution in [2.75, 3.05) is 13.1 Å². The van der Waals surface area contributed by atoms with E-state index in [2.05, 4.69) is 6.92 Å². The van der Waals surface area contributed by atoms with Gasteiger partial charge in [-0.05, 0) is 31.3 Å². The Balaban J connectivity index is 2.08. The molecule has 1 saturated heterocycles. The second kappa shape index (κ2) is 8.13. The lowest BCUT2D eigenvalue weighted by Crippen LogP contribution is -2.37. The molecule has 1 aliphatic rings. The fourth-order valence-corrected chi connectivity index (χ4v) is 3.30. The molecule has 2 heterocycles. The van der Waals surface area contributed by atoms with Crippen LogP contribution in [0.15, 0.2) is 21.9 Å². The van der Waals surface area contributed by atoms with E-state index in [-0.39, 0.29) is 17.2 Å². The third-order valence-electron chi connectivity index (χ3n) is 4.73. The molecule has 6 nitrogen and oxygen atoms in total. The van der Waals surface area contributed by atoms with Gasteiger partial charge in [-0.1, -0.05) is 19.8 Å². The number of nitrogens with zero attached hydrogens (tertiary/aromatic N) is 3. The lowest BCUT2D eigenvalue weighted by Gasteiger charge is -2.18. The van der Waals surface area contributed by atoms with Crippen LogP contribution in [-0.4, -0.2) is 33.0 Å². The van der Waals surface area contributed by atoms with Crippen LogP contribution in [0.3, 0.4) is 0 Å². The van der Waals surface area contributed by atoms with Gasteiger partial charge in [0.25, 0.3) is 5.56 Å². The molecule has 2 rings (SSSR count). The molecule has 0 aromatic carbocycles. The average Bonchev–Trinajstić information content (AvgIpc) is 2.81. The van der Waals surface area contributed by atoms with E-state index in [0.717, 1.165) is 30.5 Å². The highest BCUT2D eigenvalue weighted by Gasteiger charge is 2.18. The van der Waals surface area contributed by atoms with Crippen molar-refractivity contribution in [1.29, 1.82) is 0 Å². The van der Waals surface area contributed by atoms with Crippen LogP contribution in [0.2, 0.25) is 0 Å². The maximum atomic E-state index is 12.4. The van der Waals surface area contributed by atoms with Crippen molar-refractivity contribution in [3.8, 4) is 0 Å². The molecule has 1 aliphatic heterocycles. The minimum absolute atomic E-state index is 0.0666. The monoisotopic (exact) mass is 333 g/mol. The number of hydrogen-bond acceptors (Lipinski definition) is 3. The van der Waals surface area contributed by atoms with E-state index in [1.54, 1.807) is 7.05 Å². The quantitative estimate of drug-likeness (QED) is 0.785. The molecule has 0 aliphatic carbocycles. The lowest BCUT2D eigenvalue weighted by atomic mass is 9.96. The number of amides is 1. The summed E-state index contributed by atoms with van der Waals surface area (Å²) >= 11 is 0. The highest BCUT2D eigenvalue weighted by Crippen LogP contribution is 2.22. The highest BCUT2D eigenvalue weighted by atomic mass is 16.2. The summed E-state index contributed by atoms with van der Waals surface area (Å²) in [6.07, 6.45) is 10.1. The minimum Gasteiger partial charge on any atom is -0.339 e. The second-order valence-corrected chi connectivity index (χ2v) is 6.59. The first-order valence-corrected chi connectivity index (χ1v) is 8.67. The van der Waals surface area contributed by atoms with Gasteiger partial charge in [-0.2, -0.15) is 0 Å². The first kappa shape index (κ1) is 18.2. The molecule has 1 atom stereocenters. The summed E-state index contributed by atoms with van der Waals surface area (Å²) < 4.78 is 2.39. The average molecular weight is 333 g/mol. The molecule has 132 valence electrons. The summed E-state index contributed by atoms with van der Waals surface area (Å²) in [5.41, 5.74) is -0.425. The van der Waals surface area contributed by atoms with Crippen LogP contribution in [0.4, 0.5) is 0 Å². The largest absolute Gasteiger partial charge is 0.339 e. The SMILES string of the molecule is CCCC1CCCN(C(=O)C=Cc2cn(C)c(=O)n(C)c2=O)CC1. The van der Waals surface area contributed by atoms with E-state index in [4.69, 9.17) is 0 Å². The van der Waals surface area contributed by atoms with E-state index in [1.165, 1.54) is 49.2 Å². The van der Waals surface area contributed by atoms with E-state index >= 15 is 0 Å². The molecular formula is C18H27N3O3. The summed E-state index contributed by atoms with van der Waals surface area (Å²) in [6.45, 7) is 3.75. The van der Waals surface area contributed by atoms with E-state index < -0.39 is 0 Å². The Labute approximate surface area is 142 Å². The summed E-state index contributed by atoms with van der Waals surface area (Å²) in [5, 5.41) is 0. The van der Waals surface area contributed by atoms with Gasteiger partial charge in [-0.3, -0.25) is 14.2 Å². The Morgan fingerprint density at radius 3 is 2.71 bits per heavy atom. The topological polar surface area (TPSA) is 64.3 Å². The van der Waals surface area contributed by atoms with Crippen molar-refractivity contribution in [3.05, 3.63) is 38.7 Å². The zero-order chi connectivity index (χ0) is 17.7. The third-order valence-corrected chi connectivity index (χ3v) is 4.73. The van der Waals surface area contributed by atoms with Gasteiger partial charge < -0.3 is 9.47 Å². The highest BCUT2D eigenvalue weighted by molar-refractivity contribution is 5.91. The van der Waals surface area contributed by atoms with Crippen molar-refractivity contribution in [2.45, 2.75) is 39.0 Å². The molecule has 0 saturated carbocycles. The summed E-state index contributed by atoms with van der Waals surface area (Å²) in [5.74, 6) is 0.649. The van der Waals surface area contributed by atoms with Gasteiger partial charge in [0, 0.05) is 39.5 Å². The van der Waals surface area contributed by atoms with Crippen LogP contribution in [0.5, 0.6) is 0 Å². The van der Waals surface area contributed by atoms with Gasteiger partial charge in [0.2, 0.25) is 5.91 Å². The normalized spacial score (nSPS) is 18.8. The van der Waals surface area contributed by atoms with Gasteiger partial charge in [0.15, 0.2) is 0 Å². The fraction of sp³-hybridized carbons (Fsp3) is 0.611. The van der Waals surface area contributed by atoms with Crippen molar-refractivity contribution in [3.63, 3.8) is 0 Å². The van der Waals surface area contributed by atoms with Crippen molar-refractivity contribution < 1.29 is 4.79 Å². The number of hydrogen-bond donors (Lipinski definition) is 0. The Bertz CT molecular complexity index is 730. The molecule has 1 unspecified atom stereocenters. The van der Waals surface area contributed by atoms with Gasteiger partial charge >= 0.3 is 5.69 Å². The Morgan fingerprint density at radius 2 is 2.00 bits per heavy atom. The molecule has 1 aromatic rings. The molecular weight excluding hydrogens is 306 g/mol. The Hall–Kier alpha value is -2.11. The number of aryl methyl sites for hydroxylation is 1. The lowest BCUT2D eigenvalue weighted by molar-refractivity contribution is -0.125. The molecule has 0 spiro atoms. The van der Waals surface area contributed by atoms with Crippen LogP contribution in [-0.2, 0) is 18.9 Å². The van der Waals surface area contributed by atoms with Crippen molar-refractivity contribution in [1.82, 2.24) is 14.0 Å². The predicted molar refractivity (Wildman–Crippen MR) is 94.8 cm³/mol. The molecule has 6 heteroatoms. The molecule has 1 amide bonds. The zero-order valence-electron chi connectivity index (χ0n) is 14.8. The number of rotatable bonds is 4. The fourth-order valence-electron chi connectivity index (χ4n) is 3.30. The van der Waals surface area contributed by atoms with Crippen LogP contribution >= 0.6 is 0 Å². The van der Waals surface area contributed by atoms with Gasteiger partial charge in [0.1, 0.15) is 0 Å². The molecule has 0 N–H and O–H groups in total. The van der Waals surface area contributed by atoms with Crippen molar-refractivity contribution in [2.24, 2.45) is 20.0 Å². The number of likely N-dealkylation sites (tertiary alicyclic amines) is 1. The Morgan fingerprint density at radius 1 is 1.25 bits per heavy atom. The van der Waals surface area contributed by atoms with Crippen LogP contribution in [0.25, 0.3) is 6.08 Å². The summed E-state index contributed by atoms with van der Waals surface area (Å²) in [7, 11) is 3.02. The summed E-state index contributed by atoms with van der Waals surface area (Å²) in [6, 6.07) is 0. The van der Waals surface area contributed by atoms with Gasteiger partial charge in [-0.25, -0.2) is 4.79 Å². The van der Waals surface area contributed by atoms with Crippen LogP contribution in [0, 0.1) is 5.92 Å². The maximum Gasteiger partial charge on any atom is 0.330 e. The predicted octanol–water partition coefficient (Wildman–Crippen LogP) is 1.53. The smallest absolute Gasteiger partial charge is 0.330 e. The first-order valence-electron chi connectivity index (χ1n) is 8.67. The van der Waals surface area contributed by atoms with E-state index in [0.29, 0.717) is 11.5 Å². The maximum absolute atomic E-state index is 12.4. The zero-order valence-corrected chi connectivity index (χ0v) is 14.8. The Kier molecular flexibility index (Phi) is 6.17. The standard InChI is InChI=1S/C18H27N3O3/c1-4-6-14-7-5-11-21(12-10-14)16(22)9-8-15-13-19(2)18(24)20(3)17(15)23/h8-9,13-14H,4-7,10-12H2,1-3H3. The molecule has 0 bridgehead atoms. The van der Waals surface area contributed by atoms with E-state index in [1.807, 2.05) is 4.90 Å². The second-order valence-electron chi connectivity index (χ2n) is 6.59. The molecule has 1 fully saturated rings. The molecule has 0 radical (unpaired) electrons. The minimum atomic E-state index is -0.388. The number of carbonyl (C=O) groups is 1. The van der Waals surface area contributed by atoms with Crippen LogP contribution in [0.1, 0.15) is 44.6 Å². The summed E-state index contributed by atoms with van der Waals surface area (Å²) in [4.78, 5) is 38.0. The van der Waals surface area contributed by atoms with Crippen LogP contribution < -0.4 is 11.2 Å². The number of carbonyl (C=O) groups excluding carboxylic acids is 1.